The van der Waals surface area contributed by atoms with Crippen molar-refractivity contribution >= 4 is 5.91 Å². The molecule has 1 N–H and O–H groups in total. The lowest BCUT2D eigenvalue weighted by Gasteiger charge is -2.16. The minimum Gasteiger partial charge on any atom is -0.396 e. The lowest BCUT2D eigenvalue weighted by atomic mass is 10.1. The van der Waals surface area contributed by atoms with E-state index in [1.165, 1.54) is 19.3 Å². The molecule has 0 aliphatic rings. The Morgan fingerprint density at radius 3 is 2.29 bits per heavy atom. The first kappa shape index (κ1) is 16.4. The first-order chi connectivity index (χ1) is 8.22. The first-order valence-corrected chi connectivity index (χ1v) is 7.07. The van der Waals surface area contributed by atoms with Gasteiger partial charge in [0.2, 0.25) is 5.91 Å². The highest BCUT2D eigenvalue weighted by molar-refractivity contribution is 5.75. The average molecular weight is 243 g/mol. The zero-order chi connectivity index (χ0) is 12.9. The number of amides is 1. The minimum absolute atomic E-state index is 0.269. The summed E-state index contributed by atoms with van der Waals surface area (Å²) in [5, 5.41) is 8.63. The number of carbonyl (C=O) groups is 1. The van der Waals surface area contributed by atoms with Crippen molar-refractivity contribution in [2.75, 3.05) is 20.2 Å². The maximum atomic E-state index is 11.7. The summed E-state index contributed by atoms with van der Waals surface area (Å²) in [7, 11) is 1.90. The SMILES string of the molecule is CCCCCCN(C)C(=O)CCCCCCO. The molecule has 0 aliphatic carbocycles. The number of aliphatic hydroxyl groups is 1. The van der Waals surface area contributed by atoms with E-state index in [1.54, 1.807) is 0 Å². The topological polar surface area (TPSA) is 40.5 Å². The van der Waals surface area contributed by atoms with Crippen molar-refractivity contribution in [3.63, 3.8) is 0 Å². The Labute approximate surface area is 106 Å². The molecule has 0 fully saturated rings. The normalized spacial score (nSPS) is 10.5. The molecule has 0 aromatic heterocycles. The standard InChI is InChI=1S/C14H29NO2/c1-3-4-5-9-12-15(2)14(17)11-8-6-7-10-13-16/h16H,3-13H2,1-2H3. The van der Waals surface area contributed by atoms with E-state index in [-0.39, 0.29) is 12.5 Å². The molecule has 3 heteroatoms. The van der Waals surface area contributed by atoms with Crippen LogP contribution in [-0.4, -0.2) is 36.1 Å². The molecule has 0 rings (SSSR count). The molecule has 0 aromatic carbocycles. The Bertz CT molecular complexity index is 183. The van der Waals surface area contributed by atoms with Crippen molar-refractivity contribution in [1.29, 1.82) is 0 Å². The van der Waals surface area contributed by atoms with Crippen molar-refractivity contribution in [2.24, 2.45) is 0 Å². The molecule has 0 aromatic rings. The molecule has 0 radical (unpaired) electrons. The summed E-state index contributed by atoms with van der Waals surface area (Å²) in [6, 6.07) is 0. The monoisotopic (exact) mass is 243 g/mol. The molecule has 0 saturated heterocycles. The van der Waals surface area contributed by atoms with Gasteiger partial charge < -0.3 is 10.0 Å². The summed E-state index contributed by atoms with van der Waals surface area (Å²) < 4.78 is 0. The Morgan fingerprint density at radius 1 is 1.00 bits per heavy atom. The number of carbonyl (C=O) groups excluding carboxylic acids is 1. The van der Waals surface area contributed by atoms with Gasteiger partial charge in [-0.15, -0.1) is 0 Å². The average Bonchev–Trinajstić information content (AvgIpc) is 2.34. The fraction of sp³-hybridized carbons (Fsp3) is 0.929. The van der Waals surface area contributed by atoms with Crippen LogP contribution >= 0.6 is 0 Å². The second-order valence-corrected chi connectivity index (χ2v) is 4.76. The van der Waals surface area contributed by atoms with Gasteiger partial charge in [-0.25, -0.2) is 0 Å². The van der Waals surface area contributed by atoms with Gasteiger partial charge in [-0.3, -0.25) is 4.79 Å². The molecule has 0 saturated carbocycles. The molecular formula is C14H29NO2. The van der Waals surface area contributed by atoms with E-state index in [1.807, 2.05) is 11.9 Å². The number of nitrogens with zero attached hydrogens (tertiary/aromatic N) is 1. The van der Waals surface area contributed by atoms with Crippen molar-refractivity contribution in [3.8, 4) is 0 Å². The second kappa shape index (κ2) is 11.9. The second-order valence-electron chi connectivity index (χ2n) is 4.76. The Hall–Kier alpha value is -0.570. The quantitative estimate of drug-likeness (QED) is 0.567. The van der Waals surface area contributed by atoms with E-state index in [0.717, 1.165) is 38.6 Å². The Morgan fingerprint density at radius 2 is 1.65 bits per heavy atom. The zero-order valence-electron chi connectivity index (χ0n) is 11.6. The molecule has 0 aliphatic heterocycles. The third-order valence-electron chi connectivity index (χ3n) is 3.07. The van der Waals surface area contributed by atoms with Crippen LogP contribution in [0.25, 0.3) is 0 Å². The Balaban J connectivity index is 3.40. The molecule has 17 heavy (non-hydrogen) atoms. The van der Waals surface area contributed by atoms with Crippen LogP contribution in [0.15, 0.2) is 0 Å². The van der Waals surface area contributed by atoms with Crippen LogP contribution in [0.5, 0.6) is 0 Å². The van der Waals surface area contributed by atoms with E-state index in [9.17, 15) is 4.79 Å². The predicted molar refractivity (Wildman–Crippen MR) is 71.9 cm³/mol. The predicted octanol–water partition coefficient (Wildman–Crippen LogP) is 2.97. The number of unbranched alkanes of at least 4 members (excludes halogenated alkanes) is 6. The molecule has 0 spiro atoms. The van der Waals surface area contributed by atoms with Gasteiger partial charge in [0.25, 0.3) is 0 Å². The molecular weight excluding hydrogens is 214 g/mol. The molecule has 102 valence electrons. The molecule has 0 atom stereocenters. The van der Waals surface area contributed by atoms with Gasteiger partial charge in [0.15, 0.2) is 0 Å². The Kier molecular flexibility index (Phi) is 11.5. The highest BCUT2D eigenvalue weighted by Crippen LogP contribution is 2.06. The van der Waals surface area contributed by atoms with Gasteiger partial charge in [0.1, 0.15) is 0 Å². The summed E-state index contributed by atoms with van der Waals surface area (Å²) >= 11 is 0. The maximum absolute atomic E-state index is 11.7. The highest BCUT2D eigenvalue weighted by Gasteiger charge is 2.07. The van der Waals surface area contributed by atoms with E-state index in [0.29, 0.717) is 6.42 Å². The number of hydrogen-bond acceptors (Lipinski definition) is 2. The van der Waals surface area contributed by atoms with Crippen molar-refractivity contribution in [2.45, 2.75) is 64.7 Å². The molecule has 1 amide bonds. The lowest BCUT2D eigenvalue weighted by molar-refractivity contribution is -0.130. The van der Waals surface area contributed by atoms with Crippen LogP contribution in [0, 0.1) is 0 Å². The van der Waals surface area contributed by atoms with Crippen LogP contribution < -0.4 is 0 Å². The molecule has 0 heterocycles. The van der Waals surface area contributed by atoms with Gasteiger partial charge in [-0.05, 0) is 19.3 Å². The van der Waals surface area contributed by atoms with Crippen LogP contribution in [0.2, 0.25) is 0 Å². The minimum atomic E-state index is 0.269. The fourth-order valence-electron chi connectivity index (χ4n) is 1.83. The summed E-state index contributed by atoms with van der Waals surface area (Å²) in [6.45, 7) is 3.36. The van der Waals surface area contributed by atoms with Crippen molar-refractivity contribution < 1.29 is 9.90 Å². The van der Waals surface area contributed by atoms with Gasteiger partial charge in [-0.2, -0.15) is 0 Å². The summed E-state index contributed by atoms with van der Waals surface area (Å²) in [5.74, 6) is 0.269. The van der Waals surface area contributed by atoms with E-state index >= 15 is 0 Å². The first-order valence-electron chi connectivity index (χ1n) is 7.07. The van der Waals surface area contributed by atoms with Crippen molar-refractivity contribution in [3.05, 3.63) is 0 Å². The van der Waals surface area contributed by atoms with E-state index in [4.69, 9.17) is 5.11 Å². The maximum Gasteiger partial charge on any atom is 0.222 e. The number of hydrogen-bond donors (Lipinski definition) is 1. The van der Waals surface area contributed by atoms with Crippen molar-refractivity contribution in [1.82, 2.24) is 4.90 Å². The summed E-state index contributed by atoms with van der Waals surface area (Å²) in [4.78, 5) is 13.6. The third kappa shape index (κ3) is 10.3. The molecule has 0 unspecified atom stereocenters. The van der Waals surface area contributed by atoms with Crippen LogP contribution in [0.4, 0.5) is 0 Å². The molecule has 0 bridgehead atoms. The van der Waals surface area contributed by atoms with Gasteiger partial charge in [0.05, 0.1) is 0 Å². The third-order valence-corrected chi connectivity index (χ3v) is 3.07. The number of aliphatic hydroxyl groups excluding tert-OH is 1. The smallest absolute Gasteiger partial charge is 0.222 e. The highest BCUT2D eigenvalue weighted by atomic mass is 16.2. The van der Waals surface area contributed by atoms with Gasteiger partial charge in [-0.1, -0.05) is 39.0 Å². The largest absolute Gasteiger partial charge is 0.396 e. The molecule has 3 nitrogen and oxygen atoms in total. The summed E-state index contributed by atoms with van der Waals surface area (Å²) in [6.07, 6.45) is 9.42. The lowest BCUT2D eigenvalue weighted by Crippen LogP contribution is -2.27. The van der Waals surface area contributed by atoms with Gasteiger partial charge >= 0.3 is 0 Å². The van der Waals surface area contributed by atoms with Crippen LogP contribution in [-0.2, 0) is 4.79 Å². The summed E-state index contributed by atoms with van der Waals surface area (Å²) in [5.41, 5.74) is 0. The zero-order valence-corrected chi connectivity index (χ0v) is 11.6. The van der Waals surface area contributed by atoms with E-state index in [2.05, 4.69) is 6.92 Å². The fourth-order valence-corrected chi connectivity index (χ4v) is 1.83. The van der Waals surface area contributed by atoms with E-state index < -0.39 is 0 Å². The number of rotatable bonds is 11. The van der Waals surface area contributed by atoms with Crippen LogP contribution in [0.1, 0.15) is 64.7 Å². The van der Waals surface area contributed by atoms with Crippen LogP contribution in [0.3, 0.4) is 0 Å². The van der Waals surface area contributed by atoms with Gasteiger partial charge in [0, 0.05) is 26.6 Å².